The topological polar surface area (TPSA) is 109 Å². The molecular formula is C23H22N6O. The van der Waals surface area contributed by atoms with Gasteiger partial charge in [0.05, 0.1) is 11.2 Å². The van der Waals surface area contributed by atoms with Gasteiger partial charge in [-0.15, -0.1) is 5.10 Å². The lowest BCUT2D eigenvalue weighted by molar-refractivity contribution is 0.102. The van der Waals surface area contributed by atoms with Crippen molar-refractivity contribution in [1.82, 2.24) is 9.97 Å². The Kier molecular flexibility index (Phi) is 5.02. The number of aryl methyl sites for hydroxylation is 1. The number of carbonyl (C=O) groups is 1. The van der Waals surface area contributed by atoms with E-state index in [4.69, 9.17) is 5.73 Å². The molecule has 0 aliphatic carbocycles. The first-order valence-corrected chi connectivity index (χ1v) is 9.55. The molecule has 7 heteroatoms. The first-order valence-electron chi connectivity index (χ1n) is 9.55. The van der Waals surface area contributed by atoms with Crippen molar-refractivity contribution in [3.8, 4) is 0 Å². The molecule has 4 N–H and O–H groups in total. The molecule has 2 heterocycles. The minimum absolute atomic E-state index is 0.214. The van der Waals surface area contributed by atoms with Crippen molar-refractivity contribution < 1.29 is 4.79 Å². The van der Waals surface area contributed by atoms with Crippen molar-refractivity contribution >= 4 is 44.9 Å². The zero-order valence-electron chi connectivity index (χ0n) is 17.0. The Labute approximate surface area is 173 Å². The molecule has 0 saturated carbocycles. The molecule has 1 amide bonds. The number of rotatable bonds is 4. The Hall–Kier alpha value is -4.00. The maximum absolute atomic E-state index is 12.8. The SMILES string of the molecule is CC(N)=N/N=C(/C)c1ccc2[nH]c(C(=O)Nc3ccc4ccc(C)nc4c3)cc2c1. The fourth-order valence-corrected chi connectivity index (χ4v) is 3.19. The minimum atomic E-state index is -0.214. The van der Waals surface area contributed by atoms with Crippen LogP contribution < -0.4 is 11.1 Å². The summed E-state index contributed by atoms with van der Waals surface area (Å²) in [6.45, 7) is 5.49. The van der Waals surface area contributed by atoms with Crippen LogP contribution in [-0.4, -0.2) is 27.4 Å². The number of hydrogen-bond acceptors (Lipinski definition) is 4. The van der Waals surface area contributed by atoms with Gasteiger partial charge in [-0.3, -0.25) is 9.78 Å². The number of aromatic amines is 1. The van der Waals surface area contributed by atoms with E-state index >= 15 is 0 Å². The molecular weight excluding hydrogens is 376 g/mol. The highest BCUT2D eigenvalue weighted by atomic mass is 16.1. The molecule has 4 aromatic rings. The van der Waals surface area contributed by atoms with E-state index in [-0.39, 0.29) is 5.91 Å². The van der Waals surface area contributed by atoms with Gasteiger partial charge < -0.3 is 16.0 Å². The first kappa shape index (κ1) is 19.3. The minimum Gasteiger partial charge on any atom is -0.386 e. The highest BCUT2D eigenvalue weighted by molar-refractivity contribution is 6.08. The van der Waals surface area contributed by atoms with E-state index in [2.05, 4.69) is 25.5 Å². The molecule has 0 aliphatic rings. The number of aromatic nitrogens is 2. The third kappa shape index (κ3) is 4.05. The number of amides is 1. The van der Waals surface area contributed by atoms with Gasteiger partial charge in [-0.25, -0.2) is 0 Å². The number of H-pyrrole nitrogens is 1. The number of pyridine rings is 1. The first-order chi connectivity index (χ1) is 14.4. The Balaban J connectivity index is 1.59. The lowest BCUT2D eigenvalue weighted by Crippen LogP contribution is -2.12. The summed E-state index contributed by atoms with van der Waals surface area (Å²) < 4.78 is 0. The van der Waals surface area contributed by atoms with Gasteiger partial charge >= 0.3 is 0 Å². The second-order valence-corrected chi connectivity index (χ2v) is 7.23. The maximum Gasteiger partial charge on any atom is 0.272 e. The molecule has 0 saturated heterocycles. The van der Waals surface area contributed by atoms with Crippen molar-refractivity contribution in [2.45, 2.75) is 20.8 Å². The van der Waals surface area contributed by atoms with E-state index in [0.29, 0.717) is 17.2 Å². The summed E-state index contributed by atoms with van der Waals surface area (Å²) in [5, 5.41) is 12.9. The van der Waals surface area contributed by atoms with Crippen LogP contribution in [0.3, 0.4) is 0 Å². The molecule has 2 aromatic carbocycles. The number of amidine groups is 1. The zero-order valence-corrected chi connectivity index (χ0v) is 17.0. The molecule has 0 atom stereocenters. The van der Waals surface area contributed by atoms with Crippen LogP contribution in [0, 0.1) is 6.92 Å². The van der Waals surface area contributed by atoms with Gasteiger partial charge in [0.1, 0.15) is 11.5 Å². The summed E-state index contributed by atoms with van der Waals surface area (Å²) in [7, 11) is 0. The number of anilines is 1. The van der Waals surface area contributed by atoms with Gasteiger partial charge in [0.15, 0.2) is 0 Å². The van der Waals surface area contributed by atoms with Crippen LogP contribution >= 0.6 is 0 Å². The molecule has 4 rings (SSSR count). The molecule has 2 aromatic heterocycles. The van der Waals surface area contributed by atoms with Crippen molar-refractivity contribution in [1.29, 1.82) is 0 Å². The Morgan fingerprint density at radius 2 is 1.80 bits per heavy atom. The number of nitrogens with zero attached hydrogens (tertiary/aromatic N) is 3. The van der Waals surface area contributed by atoms with E-state index in [1.54, 1.807) is 6.92 Å². The molecule has 7 nitrogen and oxygen atoms in total. The Morgan fingerprint density at radius 3 is 2.60 bits per heavy atom. The summed E-state index contributed by atoms with van der Waals surface area (Å²) in [5.74, 6) is 0.184. The fourth-order valence-electron chi connectivity index (χ4n) is 3.19. The van der Waals surface area contributed by atoms with E-state index in [1.165, 1.54) is 0 Å². The highest BCUT2D eigenvalue weighted by Crippen LogP contribution is 2.21. The number of fused-ring (bicyclic) bond motifs is 2. The van der Waals surface area contributed by atoms with Gasteiger partial charge in [-0.05, 0) is 62.7 Å². The highest BCUT2D eigenvalue weighted by Gasteiger charge is 2.11. The number of carbonyl (C=O) groups excluding carboxylic acids is 1. The van der Waals surface area contributed by atoms with Crippen LogP contribution in [0.5, 0.6) is 0 Å². The smallest absolute Gasteiger partial charge is 0.272 e. The van der Waals surface area contributed by atoms with Crippen molar-refractivity contribution in [3.05, 3.63) is 71.5 Å². The summed E-state index contributed by atoms with van der Waals surface area (Å²) in [6.07, 6.45) is 0. The van der Waals surface area contributed by atoms with Gasteiger partial charge in [0.25, 0.3) is 5.91 Å². The van der Waals surface area contributed by atoms with E-state index in [9.17, 15) is 4.79 Å². The van der Waals surface area contributed by atoms with E-state index < -0.39 is 0 Å². The van der Waals surface area contributed by atoms with Crippen LogP contribution in [0.4, 0.5) is 5.69 Å². The van der Waals surface area contributed by atoms with Crippen molar-refractivity contribution in [2.24, 2.45) is 15.9 Å². The van der Waals surface area contributed by atoms with Crippen LogP contribution in [0.25, 0.3) is 21.8 Å². The largest absolute Gasteiger partial charge is 0.386 e. The molecule has 150 valence electrons. The summed E-state index contributed by atoms with van der Waals surface area (Å²) >= 11 is 0. The molecule has 0 radical (unpaired) electrons. The summed E-state index contributed by atoms with van der Waals surface area (Å²) in [4.78, 5) is 20.4. The summed E-state index contributed by atoms with van der Waals surface area (Å²) in [5.41, 5.74) is 11.0. The second kappa shape index (κ2) is 7.79. The average molecular weight is 398 g/mol. The Bertz CT molecular complexity index is 1330. The van der Waals surface area contributed by atoms with Crippen LogP contribution in [-0.2, 0) is 0 Å². The molecule has 0 unspecified atom stereocenters. The number of benzene rings is 2. The fraction of sp³-hybridized carbons (Fsp3) is 0.130. The third-order valence-electron chi connectivity index (χ3n) is 4.73. The second-order valence-electron chi connectivity index (χ2n) is 7.23. The molecule has 0 bridgehead atoms. The lowest BCUT2D eigenvalue weighted by Gasteiger charge is -2.05. The third-order valence-corrected chi connectivity index (χ3v) is 4.73. The maximum atomic E-state index is 12.8. The molecule has 30 heavy (non-hydrogen) atoms. The number of hydrogen-bond donors (Lipinski definition) is 3. The Morgan fingerprint density at radius 1 is 1.00 bits per heavy atom. The normalized spacial score (nSPS) is 12.5. The van der Waals surface area contributed by atoms with Gasteiger partial charge in [0.2, 0.25) is 0 Å². The van der Waals surface area contributed by atoms with Crippen molar-refractivity contribution in [2.75, 3.05) is 5.32 Å². The molecule has 0 spiro atoms. The van der Waals surface area contributed by atoms with Crippen LogP contribution in [0.2, 0.25) is 0 Å². The van der Waals surface area contributed by atoms with E-state index in [1.807, 2.05) is 68.4 Å². The average Bonchev–Trinajstić information content (AvgIpc) is 3.15. The van der Waals surface area contributed by atoms with Gasteiger partial charge in [-0.1, -0.05) is 18.2 Å². The predicted molar refractivity (Wildman–Crippen MR) is 122 cm³/mol. The number of nitrogens with two attached hydrogens (primary N) is 1. The number of nitrogens with one attached hydrogen (secondary N) is 2. The monoisotopic (exact) mass is 398 g/mol. The van der Waals surface area contributed by atoms with Crippen LogP contribution in [0.15, 0.2) is 64.8 Å². The lowest BCUT2D eigenvalue weighted by atomic mass is 10.1. The summed E-state index contributed by atoms with van der Waals surface area (Å²) in [6, 6.07) is 17.3. The van der Waals surface area contributed by atoms with Crippen molar-refractivity contribution in [3.63, 3.8) is 0 Å². The van der Waals surface area contributed by atoms with E-state index in [0.717, 1.165) is 38.8 Å². The van der Waals surface area contributed by atoms with Crippen LogP contribution in [0.1, 0.15) is 35.6 Å². The molecule has 0 aliphatic heterocycles. The quantitative estimate of drug-likeness (QED) is 0.270. The standard InChI is InChI=1S/C23H22N6O/c1-13-4-5-16-6-8-19(12-21(16)25-13)26-23(30)22-11-18-10-17(7-9-20(18)27-22)14(2)28-29-15(3)24/h4-12,27H,1-3H3,(H2,24,29)(H,26,30)/b28-14-. The predicted octanol–water partition coefficient (Wildman–Crippen LogP) is 4.38. The zero-order chi connectivity index (χ0) is 21.3. The van der Waals surface area contributed by atoms with Gasteiger partial charge in [0, 0.05) is 27.7 Å². The van der Waals surface area contributed by atoms with Gasteiger partial charge in [-0.2, -0.15) is 5.10 Å². The molecule has 0 fully saturated rings.